The predicted octanol–water partition coefficient (Wildman–Crippen LogP) is 3.97. The summed E-state index contributed by atoms with van der Waals surface area (Å²) in [6.07, 6.45) is 3.82. The van der Waals surface area contributed by atoms with Crippen LogP contribution in [0.5, 0.6) is 0 Å². The smallest absolute Gasteiger partial charge is 0.0953 e. The molecule has 0 saturated carbocycles. The third-order valence-corrected chi connectivity index (χ3v) is 3.28. The minimum Gasteiger partial charge on any atom is -0.333 e. The minimum absolute atomic E-state index is 0.208. The van der Waals surface area contributed by atoms with Crippen molar-refractivity contribution in [3.05, 3.63) is 53.6 Å². The first kappa shape index (κ1) is 13.2. The molecule has 18 heavy (non-hydrogen) atoms. The number of hydrogen-bond acceptors (Lipinski definition) is 1. The molecule has 0 unspecified atom stereocenters. The van der Waals surface area contributed by atoms with Gasteiger partial charge in [0.1, 0.15) is 0 Å². The third-order valence-electron chi connectivity index (χ3n) is 3.01. The van der Waals surface area contributed by atoms with Gasteiger partial charge in [0.25, 0.3) is 0 Å². The molecule has 0 spiro atoms. The minimum atomic E-state index is 0.208. The quantitative estimate of drug-likeness (QED) is 0.766. The van der Waals surface area contributed by atoms with E-state index in [1.807, 2.05) is 12.5 Å². The van der Waals surface area contributed by atoms with E-state index in [4.69, 9.17) is 11.6 Å². The van der Waals surface area contributed by atoms with Crippen LogP contribution in [0.15, 0.2) is 36.8 Å². The molecule has 0 aliphatic heterocycles. The maximum absolute atomic E-state index is 5.74. The van der Waals surface area contributed by atoms with Gasteiger partial charge in [-0.25, -0.2) is 4.98 Å². The first-order valence-corrected chi connectivity index (χ1v) is 6.68. The van der Waals surface area contributed by atoms with Gasteiger partial charge in [0.05, 0.1) is 17.9 Å². The summed E-state index contributed by atoms with van der Waals surface area (Å²) in [4.78, 5) is 4.22. The van der Waals surface area contributed by atoms with E-state index in [9.17, 15) is 0 Å². The summed E-state index contributed by atoms with van der Waals surface area (Å²) in [5.74, 6) is 0.468. The van der Waals surface area contributed by atoms with E-state index in [1.165, 1.54) is 11.1 Å². The van der Waals surface area contributed by atoms with E-state index in [0.717, 1.165) is 12.2 Å². The monoisotopic (exact) mass is 262 g/mol. The Kier molecular flexibility index (Phi) is 3.76. The lowest BCUT2D eigenvalue weighted by atomic mass is 9.87. The molecule has 0 aliphatic rings. The average molecular weight is 263 g/mol. The molecular weight excluding hydrogens is 244 g/mol. The van der Waals surface area contributed by atoms with Crippen LogP contribution >= 0.6 is 11.6 Å². The fourth-order valence-electron chi connectivity index (χ4n) is 1.88. The number of benzene rings is 1. The lowest BCUT2D eigenvalue weighted by Gasteiger charge is -2.19. The average Bonchev–Trinajstić information content (AvgIpc) is 2.76. The topological polar surface area (TPSA) is 17.8 Å². The molecule has 3 heteroatoms. The van der Waals surface area contributed by atoms with E-state index in [1.54, 1.807) is 0 Å². The Bertz CT molecular complexity index is 506. The van der Waals surface area contributed by atoms with E-state index in [2.05, 4.69) is 54.6 Å². The van der Waals surface area contributed by atoms with Crippen LogP contribution in [-0.4, -0.2) is 9.55 Å². The van der Waals surface area contributed by atoms with Crippen LogP contribution in [-0.2, 0) is 17.8 Å². The number of nitrogens with zero attached hydrogens (tertiary/aromatic N) is 2. The molecule has 0 bridgehead atoms. The molecule has 2 rings (SSSR count). The Morgan fingerprint density at radius 2 is 1.83 bits per heavy atom. The van der Waals surface area contributed by atoms with Gasteiger partial charge in [-0.1, -0.05) is 45.0 Å². The molecule has 0 N–H and O–H groups in total. The van der Waals surface area contributed by atoms with Crippen LogP contribution in [0.2, 0.25) is 0 Å². The summed E-state index contributed by atoms with van der Waals surface area (Å²) >= 11 is 5.74. The zero-order valence-corrected chi connectivity index (χ0v) is 11.9. The van der Waals surface area contributed by atoms with Crippen molar-refractivity contribution in [1.29, 1.82) is 0 Å². The van der Waals surface area contributed by atoms with Gasteiger partial charge in [0.15, 0.2) is 0 Å². The van der Waals surface area contributed by atoms with E-state index >= 15 is 0 Å². The highest BCUT2D eigenvalue weighted by atomic mass is 35.5. The summed E-state index contributed by atoms with van der Waals surface area (Å²) in [6, 6.07) is 8.77. The highest BCUT2D eigenvalue weighted by molar-refractivity contribution is 6.16. The molecule has 0 saturated heterocycles. The van der Waals surface area contributed by atoms with Crippen LogP contribution < -0.4 is 0 Å². The third kappa shape index (κ3) is 3.14. The van der Waals surface area contributed by atoms with Crippen LogP contribution in [0, 0.1) is 0 Å². The SMILES string of the molecule is CC(C)(C)c1ccc(Cn2cnc(CCl)c2)cc1. The van der Waals surface area contributed by atoms with Crippen molar-refractivity contribution >= 4 is 11.6 Å². The van der Waals surface area contributed by atoms with Crippen molar-refractivity contribution < 1.29 is 0 Å². The number of rotatable bonds is 3. The van der Waals surface area contributed by atoms with Crippen molar-refractivity contribution in [1.82, 2.24) is 9.55 Å². The zero-order chi connectivity index (χ0) is 13.2. The highest BCUT2D eigenvalue weighted by Gasteiger charge is 2.12. The second-order valence-electron chi connectivity index (χ2n) is 5.62. The van der Waals surface area contributed by atoms with Crippen LogP contribution in [0.25, 0.3) is 0 Å². The number of hydrogen-bond donors (Lipinski definition) is 0. The number of imidazole rings is 1. The standard InChI is InChI=1S/C15H19ClN2/c1-15(2,3)13-6-4-12(5-7-13)9-18-10-14(8-16)17-11-18/h4-7,10-11H,8-9H2,1-3H3. The summed E-state index contributed by atoms with van der Waals surface area (Å²) in [6.45, 7) is 7.52. The van der Waals surface area contributed by atoms with Crippen LogP contribution in [0.1, 0.15) is 37.6 Å². The molecule has 1 heterocycles. The van der Waals surface area contributed by atoms with Crippen molar-refractivity contribution in [3.8, 4) is 0 Å². The lowest BCUT2D eigenvalue weighted by Crippen LogP contribution is -2.10. The Morgan fingerprint density at radius 3 is 2.33 bits per heavy atom. The van der Waals surface area contributed by atoms with Gasteiger partial charge >= 0.3 is 0 Å². The lowest BCUT2D eigenvalue weighted by molar-refractivity contribution is 0.589. The van der Waals surface area contributed by atoms with Gasteiger partial charge in [-0.15, -0.1) is 11.6 Å². The van der Waals surface area contributed by atoms with Gasteiger partial charge < -0.3 is 4.57 Å². The van der Waals surface area contributed by atoms with E-state index in [0.29, 0.717) is 5.88 Å². The highest BCUT2D eigenvalue weighted by Crippen LogP contribution is 2.22. The zero-order valence-electron chi connectivity index (χ0n) is 11.2. The first-order valence-electron chi connectivity index (χ1n) is 6.15. The maximum atomic E-state index is 5.74. The number of halogens is 1. The molecule has 0 radical (unpaired) electrons. The Balaban J connectivity index is 2.11. The molecule has 1 aromatic carbocycles. The van der Waals surface area contributed by atoms with Crippen LogP contribution in [0.3, 0.4) is 0 Å². The van der Waals surface area contributed by atoms with Crippen LogP contribution in [0.4, 0.5) is 0 Å². The molecular formula is C15H19ClN2. The predicted molar refractivity (Wildman–Crippen MR) is 76.0 cm³/mol. The normalized spacial score (nSPS) is 11.8. The fraction of sp³-hybridized carbons (Fsp3) is 0.400. The van der Waals surface area contributed by atoms with E-state index < -0.39 is 0 Å². The molecule has 0 amide bonds. The van der Waals surface area contributed by atoms with Gasteiger partial charge in [0.2, 0.25) is 0 Å². The molecule has 0 aliphatic carbocycles. The second-order valence-corrected chi connectivity index (χ2v) is 5.89. The summed E-state index contributed by atoms with van der Waals surface area (Å²) < 4.78 is 2.06. The van der Waals surface area contributed by atoms with Crippen molar-refractivity contribution in [3.63, 3.8) is 0 Å². The largest absolute Gasteiger partial charge is 0.333 e. The summed E-state index contributed by atoms with van der Waals surface area (Å²) in [5, 5.41) is 0. The number of alkyl halides is 1. The Morgan fingerprint density at radius 1 is 1.17 bits per heavy atom. The van der Waals surface area contributed by atoms with Gasteiger partial charge in [0, 0.05) is 12.7 Å². The molecule has 0 fully saturated rings. The van der Waals surface area contributed by atoms with E-state index in [-0.39, 0.29) is 5.41 Å². The molecule has 1 aromatic heterocycles. The summed E-state index contributed by atoms with van der Waals surface area (Å²) in [5.41, 5.74) is 3.77. The number of aromatic nitrogens is 2. The van der Waals surface area contributed by atoms with Crippen molar-refractivity contribution in [2.45, 2.75) is 38.6 Å². The first-order chi connectivity index (χ1) is 8.49. The van der Waals surface area contributed by atoms with Crippen molar-refractivity contribution in [2.24, 2.45) is 0 Å². The van der Waals surface area contributed by atoms with Gasteiger partial charge in [-0.2, -0.15) is 0 Å². The Labute approximate surface area is 114 Å². The summed E-state index contributed by atoms with van der Waals surface area (Å²) in [7, 11) is 0. The molecule has 0 atom stereocenters. The maximum Gasteiger partial charge on any atom is 0.0953 e. The molecule has 96 valence electrons. The van der Waals surface area contributed by atoms with Gasteiger partial charge in [-0.05, 0) is 16.5 Å². The fourth-order valence-corrected chi connectivity index (χ4v) is 2.02. The second kappa shape index (κ2) is 5.15. The molecule has 2 aromatic rings. The van der Waals surface area contributed by atoms with Crippen molar-refractivity contribution in [2.75, 3.05) is 0 Å². The molecule has 2 nitrogen and oxygen atoms in total. The Hall–Kier alpha value is -1.28. The van der Waals surface area contributed by atoms with Gasteiger partial charge in [-0.3, -0.25) is 0 Å².